The van der Waals surface area contributed by atoms with Crippen LogP contribution in [-0.4, -0.2) is 12.2 Å². The SMILES string of the molecule is CNC1CCCc2ccc(OCc3c(C)noc3C)cc21. The Morgan fingerprint density at radius 3 is 2.95 bits per heavy atom. The molecule has 1 aliphatic carbocycles. The summed E-state index contributed by atoms with van der Waals surface area (Å²) in [5.41, 5.74) is 4.75. The van der Waals surface area contributed by atoms with Crippen molar-refractivity contribution in [2.45, 2.75) is 45.8 Å². The zero-order valence-corrected chi connectivity index (χ0v) is 12.9. The average Bonchev–Trinajstić information content (AvgIpc) is 2.83. The van der Waals surface area contributed by atoms with Crippen molar-refractivity contribution in [1.29, 1.82) is 0 Å². The van der Waals surface area contributed by atoms with Crippen molar-refractivity contribution < 1.29 is 9.26 Å². The van der Waals surface area contributed by atoms with Gasteiger partial charge >= 0.3 is 0 Å². The molecule has 1 aromatic heterocycles. The number of rotatable bonds is 4. The van der Waals surface area contributed by atoms with Crippen molar-refractivity contribution in [3.8, 4) is 5.75 Å². The van der Waals surface area contributed by atoms with Crippen LogP contribution in [0.25, 0.3) is 0 Å². The zero-order chi connectivity index (χ0) is 14.8. The van der Waals surface area contributed by atoms with Crippen molar-refractivity contribution in [1.82, 2.24) is 10.5 Å². The fourth-order valence-corrected chi connectivity index (χ4v) is 3.03. The van der Waals surface area contributed by atoms with Gasteiger partial charge in [0.2, 0.25) is 0 Å². The Morgan fingerprint density at radius 1 is 1.38 bits per heavy atom. The average molecular weight is 286 g/mol. The normalized spacial score (nSPS) is 17.6. The number of hydrogen-bond donors (Lipinski definition) is 1. The third-order valence-electron chi connectivity index (χ3n) is 4.34. The maximum Gasteiger partial charge on any atom is 0.140 e. The molecule has 1 N–H and O–H groups in total. The minimum absolute atomic E-state index is 0.441. The Labute approximate surface area is 125 Å². The van der Waals surface area contributed by atoms with Gasteiger partial charge in [-0.3, -0.25) is 0 Å². The smallest absolute Gasteiger partial charge is 0.140 e. The lowest BCUT2D eigenvalue weighted by molar-refractivity contribution is 0.300. The van der Waals surface area contributed by atoms with E-state index in [-0.39, 0.29) is 0 Å². The number of hydrogen-bond acceptors (Lipinski definition) is 4. The predicted octanol–water partition coefficient (Wildman–Crippen LogP) is 3.47. The van der Waals surface area contributed by atoms with Crippen LogP contribution in [0.1, 0.15) is 47.0 Å². The van der Waals surface area contributed by atoms with Crippen LogP contribution in [0.2, 0.25) is 0 Å². The van der Waals surface area contributed by atoms with Gasteiger partial charge in [0.05, 0.1) is 11.3 Å². The molecule has 1 heterocycles. The molecule has 4 nitrogen and oxygen atoms in total. The molecule has 0 aliphatic heterocycles. The van der Waals surface area contributed by atoms with Crippen molar-refractivity contribution in [3.63, 3.8) is 0 Å². The van der Waals surface area contributed by atoms with Crippen molar-refractivity contribution in [3.05, 3.63) is 46.3 Å². The molecular weight excluding hydrogens is 264 g/mol. The Balaban J connectivity index is 1.78. The molecule has 0 saturated carbocycles. The molecule has 1 aromatic carbocycles. The first-order chi connectivity index (χ1) is 10.2. The Hall–Kier alpha value is -1.81. The summed E-state index contributed by atoms with van der Waals surface area (Å²) in [6.45, 7) is 4.37. The van der Waals surface area contributed by atoms with Crippen LogP contribution < -0.4 is 10.1 Å². The second-order valence-corrected chi connectivity index (χ2v) is 5.69. The minimum Gasteiger partial charge on any atom is -0.489 e. The molecule has 4 heteroatoms. The molecule has 0 bridgehead atoms. The maximum absolute atomic E-state index is 5.94. The Bertz CT molecular complexity index is 614. The Kier molecular flexibility index (Phi) is 3.97. The van der Waals surface area contributed by atoms with E-state index in [9.17, 15) is 0 Å². The van der Waals surface area contributed by atoms with Gasteiger partial charge in [-0.05, 0) is 63.4 Å². The van der Waals surface area contributed by atoms with E-state index in [1.165, 1.54) is 24.0 Å². The number of nitrogens with one attached hydrogen (secondary N) is 1. The largest absolute Gasteiger partial charge is 0.489 e. The zero-order valence-electron chi connectivity index (χ0n) is 12.9. The van der Waals surface area contributed by atoms with Gasteiger partial charge in [-0.1, -0.05) is 11.2 Å². The molecule has 0 radical (unpaired) electrons. The molecule has 0 spiro atoms. The number of aromatic nitrogens is 1. The van der Waals surface area contributed by atoms with E-state index in [1.54, 1.807) is 0 Å². The molecule has 112 valence electrons. The highest BCUT2D eigenvalue weighted by atomic mass is 16.5. The molecule has 0 saturated heterocycles. The van der Waals surface area contributed by atoms with E-state index in [2.05, 4.69) is 28.7 Å². The third kappa shape index (κ3) is 2.81. The van der Waals surface area contributed by atoms with E-state index < -0.39 is 0 Å². The number of ether oxygens (including phenoxy) is 1. The molecule has 0 amide bonds. The van der Waals surface area contributed by atoms with Crippen LogP contribution >= 0.6 is 0 Å². The molecule has 1 aliphatic rings. The van der Waals surface area contributed by atoms with E-state index in [0.717, 1.165) is 29.2 Å². The third-order valence-corrected chi connectivity index (χ3v) is 4.34. The summed E-state index contributed by atoms with van der Waals surface area (Å²) in [7, 11) is 2.02. The predicted molar refractivity (Wildman–Crippen MR) is 81.5 cm³/mol. The van der Waals surface area contributed by atoms with Crippen LogP contribution in [0.15, 0.2) is 22.7 Å². The van der Waals surface area contributed by atoms with Gasteiger partial charge in [-0.25, -0.2) is 0 Å². The molecule has 1 unspecified atom stereocenters. The molecule has 3 rings (SSSR count). The summed E-state index contributed by atoms with van der Waals surface area (Å²) < 4.78 is 11.1. The fraction of sp³-hybridized carbons (Fsp3) is 0.471. The maximum atomic E-state index is 5.94. The van der Waals surface area contributed by atoms with Gasteiger partial charge in [0, 0.05) is 6.04 Å². The van der Waals surface area contributed by atoms with Gasteiger partial charge in [0.15, 0.2) is 0 Å². The highest BCUT2D eigenvalue weighted by molar-refractivity contribution is 5.39. The van der Waals surface area contributed by atoms with Crippen LogP contribution in [0.4, 0.5) is 0 Å². The first kappa shape index (κ1) is 14.1. The van der Waals surface area contributed by atoms with Gasteiger partial charge < -0.3 is 14.6 Å². The Morgan fingerprint density at radius 2 is 2.24 bits per heavy atom. The van der Waals surface area contributed by atoms with Gasteiger partial charge in [0.25, 0.3) is 0 Å². The van der Waals surface area contributed by atoms with E-state index in [0.29, 0.717) is 12.6 Å². The van der Waals surface area contributed by atoms with Crippen LogP contribution in [0, 0.1) is 13.8 Å². The fourth-order valence-electron chi connectivity index (χ4n) is 3.03. The van der Waals surface area contributed by atoms with Crippen molar-refractivity contribution >= 4 is 0 Å². The summed E-state index contributed by atoms with van der Waals surface area (Å²) in [6, 6.07) is 6.88. The van der Waals surface area contributed by atoms with Crippen molar-refractivity contribution in [2.24, 2.45) is 0 Å². The first-order valence-corrected chi connectivity index (χ1v) is 7.53. The summed E-state index contributed by atoms with van der Waals surface area (Å²) >= 11 is 0. The number of aryl methyl sites for hydroxylation is 3. The van der Waals surface area contributed by atoms with E-state index in [4.69, 9.17) is 9.26 Å². The lowest BCUT2D eigenvalue weighted by Gasteiger charge is -2.25. The van der Waals surface area contributed by atoms with E-state index >= 15 is 0 Å². The molecule has 21 heavy (non-hydrogen) atoms. The molecule has 1 atom stereocenters. The van der Waals surface area contributed by atoms with Crippen LogP contribution in [0.5, 0.6) is 5.75 Å². The molecule has 2 aromatic rings. The topological polar surface area (TPSA) is 47.3 Å². The standard InChI is InChI=1S/C17H22N2O2/c1-11-16(12(2)21-19-11)10-20-14-8-7-13-5-4-6-17(18-3)15(13)9-14/h7-9,17-18H,4-6,10H2,1-3H3. The quantitative estimate of drug-likeness (QED) is 0.935. The monoisotopic (exact) mass is 286 g/mol. The second kappa shape index (κ2) is 5.90. The minimum atomic E-state index is 0.441. The summed E-state index contributed by atoms with van der Waals surface area (Å²) in [4.78, 5) is 0. The number of fused-ring (bicyclic) bond motifs is 1. The van der Waals surface area contributed by atoms with E-state index in [1.807, 2.05) is 20.9 Å². The lowest BCUT2D eigenvalue weighted by Crippen LogP contribution is -2.21. The van der Waals surface area contributed by atoms with Crippen LogP contribution in [0.3, 0.4) is 0 Å². The van der Waals surface area contributed by atoms with Crippen molar-refractivity contribution in [2.75, 3.05) is 7.05 Å². The van der Waals surface area contributed by atoms with Gasteiger partial charge in [0.1, 0.15) is 18.1 Å². The second-order valence-electron chi connectivity index (χ2n) is 5.69. The summed E-state index contributed by atoms with van der Waals surface area (Å²) in [5, 5.41) is 7.35. The van der Waals surface area contributed by atoms with Gasteiger partial charge in [-0.15, -0.1) is 0 Å². The molecular formula is C17H22N2O2. The summed E-state index contributed by atoms with van der Waals surface area (Å²) in [5.74, 6) is 1.74. The first-order valence-electron chi connectivity index (χ1n) is 7.53. The molecule has 0 fully saturated rings. The lowest BCUT2D eigenvalue weighted by atomic mass is 9.87. The summed E-state index contributed by atoms with van der Waals surface area (Å²) in [6.07, 6.45) is 3.60. The van der Waals surface area contributed by atoms with Crippen LogP contribution in [-0.2, 0) is 13.0 Å². The van der Waals surface area contributed by atoms with Gasteiger partial charge in [-0.2, -0.15) is 0 Å². The number of nitrogens with zero attached hydrogens (tertiary/aromatic N) is 1. The highest BCUT2D eigenvalue weighted by Crippen LogP contribution is 2.32. The number of benzene rings is 1. The highest BCUT2D eigenvalue weighted by Gasteiger charge is 2.19.